The van der Waals surface area contributed by atoms with Gasteiger partial charge in [0.1, 0.15) is 0 Å². The van der Waals surface area contributed by atoms with Crippen LogP contribution in [0.15, 0.2) is 11.4 Å². The van der Waals surface area contributed by atoms with Crippen molar-refractivity contribution in [3.8, 4) is 0 Å². The van der Waals surface area contributed by atoms with Gasteiger partial charge < -0.3 is 0 Å². The molecule has 0 amide bonds. The molecule has 2 fully saturated rings. The Bertz CT molecular complexity index is 465. The van der Waals surface area contributed by atoms with Gasteiger partial charge in [0.2, 0.25) is 0 Å². The van der Waals surface area contributed by atoms with Crippen molar-refractivity contribution in [2.24, 2.45) is 5.92 Å². The van der Waals surface area contributed by atoms with Gasteiger partial charge in [0.15, 0.2) is 5.78 Å². The monoisotopic (exact) mass is 309 g/mol. The summed E-state index contributed by atoms with van der Waals surface area (Å²) in [6.45, 7) is 4.25. The highest BCUT2D eigenvalue weighted by atomic mass is 32.2. The summed E-state index contributed by atoms with van der Waals surface area (Å²) in [4.78, 5) is 16.3. The molecule has 0 spiro atoms. The summed E-state index contributed by atoms with van der Waals surface area (Å²) in [6, 6.07) is 2.80. The number of Topliss-reactive ketones (excluding diaryl/α,β-unsaturated/α-hetero) is 1. The summed E-state index contributed by atoms with van der Waals surface area (Å²) in [5, 5.41) is 2.04. The van der Waals surface area contributed by atoms with Crippen molar-refractivity contribution in [2.45, 2.75) is 38.6 Å². The number of rotatable bonds is 3. The van der Waals surface area contributed by atoms with Crippen molar-refractivity contribution in [1.82, 2.24) is 4.90 Å². The molecular formula is C16H23NOS2. The summed E-state index contributed by atoms with van der Waals surface area (Å²) >= 11 is 3.69. The number of aryl methyl sites for hydroxylation is 1. The average Bonchev–Trinajstić information content (AvgIpc) is 2.94. The number of carbonyl (C=O) groups excluding carboxylic acids is 1. The minimum Gasteiger partial charge on any atom is -0.300 e. The Kier molecular flexibility index (Phi) is 4.84. The molecule has 3 rings (SSSR count). The van der Waals surface area contributed by atoms with Crippen molar-refractivity contribution < 1.29 is 4.79 Å². The third kappa shape index (κ3) is 3.12. The second kappa shape index (κ2) is 6.63. The Labute approximate surface area is 129 Å². The third-order valence-corrected chi connectivity index (χ3v) is 6.70. The van der Waals surface area contributed by atoms with Gasteiger partial charge in [-0.2, -0.15) is 11.8 Å². The van der Waals surface area contributed by atoms with Crippen LogP contribution in [-0.2, 0) is 0 Å². The fourth-order valence-corrected chi connectivity index (χ4v) is 5.44. The van der Waals surface area contributed by atoms with Gasteiger partial charge in [-0.1, -0.05) is 0 Å². The SMILES string of the molecule is Cc1ccsc1C(=O)C1CCCN(C2CCSCC2)C1. The van der Waals surface area contributed by atoms with Crippen LogP contribution in [0.25, 0.3) is 0 Å². The molecule has 3 heterocycles. The van der Waals surface area contributed by atoms with Crippen molar-refractivity contribution in [3.05, 3.63) is 21.9 Å². The average molecular weight is 310 g/mol. The van der Waals surface area contributed by atoms with E-state index in [0.717, 1.165) is 29.4 Å². The van der Waals surface area contributed by atoms with Gasteiger partial charge in [-0.3, -0.25) is 9.69 Å². The molecule has 1 aromatic heterocycles. The van der Waals surface area contributed by atoms with Crippen molar-refractivity contribution in [3.63, 3.8) is 0 Å². The van der Waals surface area contributed by atoms with Crippen LogP contribution in [0.2, 0.25) is 0 Å². The Hall–Kier alpha value is -0.320. The van der Waals surface area contributed by atoms with E-state index in [4.69, 9.17) is 0 Å². The van der Waals surface area contributed by atoms with Crippen LogP contribution >= 0.6 is 23.1 Å². The Morgan fingerprint density at radius 2 is 2.10 bits per heavy atom. The summed E-state index contributed by atoms with van der Waals surface area (Å²) < 4.78 is 0. The lowest BCUT2D eigenvalue weighted by Gasteiger charge is -2.39. The summed E-state index contributed by atoms with van der Waals surface area (Å²) in [5.41, 5.74) is 1.16. The first-order valence-corrected chi connectivity index (χ1v) is 9.69. The van der Waals surface area contributed by atoms with E-state index in [9.17, 15) is 4.79 Å². The number of hydrogen-bond acceptors (Lipinski definition) is 4. The van der Waals surface area contributed by atoms with Crippen LogP contribution in [0.5, 0.6) is 0 Å². The maximum absolute atomic E-state index is 12.7. The van der Waals surface area contributed by atoms with Crippen LogP contribution in [0, 0.1) is 12.8 Å². The van der Waals surface area contributed by atoms with Gasteiger partial charge >= 0.3 is 0 Å². The number of carbonyl (C=O) groups is 1. The number of likely N-dealkylation sites (tertiary alicyclic amines) is 1. The number of piperidine rings is 1. The van der Waals surface area contributed by atoms with Gasteiger partial charge in [-0.25, -0.2) is 0 Å². The smallest absolute Gasteiger partial charge is 0.177 e. The number of ketones is 1. The van der Waals surface area contributed by atoms with Gasteiger partial charge in [0.05, 0.1) is 4.88 Å². The van der Waals surface area contributed by atoms with Crippen LogP contribution in [0.3, 0.4) is 0 Å². The molecular weight excluding hydrogens is 286 g/mol. The molecule has 2 aliphatic rings. The molecule has 20 heavy (non-hydrogen) atoms. The molecule has 0 radical (unpaired) electrons. The number of hydrogen-bond donors (Lipinski definition) is 0. The van der Waals surface area contributed by atoms with Gasteiger partial charge in [-0.15, -0.1) is 11.3 Å². The highest BCUT2D eigenvalue weighted by Crippen LogP contribution is 2.29. The van der Waals surface area contributed by atoms with E-state index in [2.05, 4.69) is 29.7 Å². The standard InChI is InChI=1S/C16H23NOS2/c1-12-4-10-20-16(12)15(18)13-3-2-7-17(11-13)14-5-8-19-9-6-14/h4,10,13-14H,2-3,5-9,11H2,1H3. The molecule has 2 nitrogen and oxygen atoms in total. The number of thiophene rings is 1. The first kappa shape index (κ1) is 14.6. The minimum absolute atomic E-state index is 0.232. The van der Waals surface area contributed by atoms with E-state index in [1.807, 2.05) is 5.38 Å². The predicted molar refractivity (Wildman–Crippen MR) is 88.0 cm³/mol. The largest absolute Gasteiger partial charge is 0.300 e. The zero-order chi connectivity index (χ0) is 13.9. The van der Waals surface area contributed by atoms with E-state index < -0.39 is 0 Å². The highest BCUT2D eigenvalue weighted by molar-refractivity contribution is 7.99. The number of thioether (sulfide) groups is 1. The third-order valence-electron chi connectivity index (χ3n) is 4.62. The summed E-state index contributed by atoms with van der Waals surface area (Å²) in [7, 11) is 0. The fourth-order valence-electron chi connectivity index (χ4n) is 3.41. The van der Waals surface area contributed by atoms with Gasteiger partial charge in [0, 0.05) is 18.5 Å². The van der Waals surface area contributed by atoms with E-state index in [1.165, 1.54) is 37.3 Å². The molecule has 2 aliphatic heterocycles. The zero-order valence-electron chi connectivity index (χ0n) is 12.1. The fraction of sp³-hybridized carbons (Fsp3) is 0.688. The van der Waals surface area contributed by atoms with Crippen LogP contribution in [0.4, 0.5) is 0 Å². The quantitative estimate of drug-likeness (QED) is 0.791. The predicted octanol–water partition coefficient (Wildman–Crippen LogP) is 3.85. The second-order valence-corrected chi connectivity index (χ2v) is 8.12. The molecule has 1 unspecified atom stereocenters. The number of nitrogens with zero attached hydrogens (tertiary/aromatic N) is 1. The molecule has 1 aromatic rings. The Morgan fingerprint density at radius 3 is 2.80 bits per heavy atom. The van der Waals surface area contributed by atoms with Crippen LogP contribution < -0.4 is 0 Å². The van der Waals surface area contributed by atoms with Crippen LogP contribution in [0.1, 0.15) is 40.9 Å². The molecule has 0 saturated carbocycles. The van der Waals surface area contributed by atoms with Gasteiger partial charge in [0.25, 0.3) is 0 Å². The van der Waals surface area contributed by atoms with Gasteiger partial charge in [-0.05, 0) is 67.7 Å². The lowest BCUT2D eigenvalue weighted by Crippen LogP contribution is -2.46. The minimum atomic E-state index is 0.232. The lowest BCUT2D eigenvalue weighted by atomic mass is 9.90. The maximum atomic E-state index is 12.7. The Balaban J connectivity index is 1.65. The summed E-state index contributed by atoms with van der Waals surface area (Å²) in [5.74, 6) is 3.22. The molecule has 4 heteroatoms. The normalized spacial score (nSPS) is 25.8. The second-order valence-electron chi connectivity index (χ2n) is 5.97. The lowest BCUT2D eigenvalue weighted by molar-refractivity contribution is 0.0744. The first-order valence-electron chi connectivity index (χ1n) is 7.66. The van der Waals surface area contributed by atoms with Crippen molar-refractivity contribution in [1.29, 1.82) is 0 Å². The molecule has 1 atom stereocenters. The van der Waals surface area contributed by atoms with E-state index >= 15 is 0 Å². The molecule has 2 saturated heterocycles. The van der Waals surface area contributed by atoms with Crippen LogP contribution in [-0.4, -0.2) is 41.3 Å². The van der Waals surface area contributed by atoms with E-state index in [-0.39, 0.29) is 5.92 Å². The topological polar surface area (TPSA) is 20.3 Å². The molecule has 0 aromatic carbocycles. The van der Waals surface area contributed by atoms with E-state index in [1.54, 1.807) is 11.3 Å². The summed E-state index contributed by atoms with van der Waals surface area (Å²) in [6.07, 6.45) is 4.88. The zero-order valence-corrected chi connectivity index (χ0v) is 13.8. The highest BCUT2D eigenvalue weighted by Gasteiger charge is 2.31. The van der Waals surface area contributed by atoms with E-state index in [0.29, 0.717) is 5.78 Å². The van der Waals surface area contributed by atoms with Crippen molar-refractivity contribution in [2.75, 3.05) is 24.6 Å². The maximum Gasteiger partial charge on any atom is 0.177 e. The molecule has 0 bridgehead atoms. The molecule has 110 valence electrons. The first-order chi connectivity index (χ1) is 9.75. The Morgan fingerprint density at radius 1 is 1.30 bits per heavy atom. The molecule has 0 aliphatic carbocycles. The van der Waals surface area contributed by atoms with Crippen molar-refractivity contribution >= 4 is 28.9 Å². The molecule has 0 N–H and O–H groups in total.